The average Bonchev–Trinajstić information content (AvgIpc) is 3.61. The van der Waals surface area contributed by atoms with E-state index >= 15 is 4.39 Å². The number of nitrogens with one attached hydrogen (secondary N) is 1. The maximum Gasteiger partial charge on any atom is 0.319 e. The molecule has 244 valence electrons. The van der Waals surface area contributed by atoms with Crippen LogP contribution in [0, 0.1) is 35.4 Å². The molecule has 1 amide bonds. The van der Waals surface area contributed by atoms with Gasteiger partial charge in [0.2, 0.25) is 5.91 Å². The zero-order valence-corrected chi connectivity index (χ0v) is 26.6. The van der Waals surface area contributed by atoms with E-state index in [0.717, 1.165) is 38.8 Å². The van der Waals surface area contributed by atoms with Crippen LogP contribution in [0.3, 0.4) is 0 Å². The minimum atomic E-state index is -0.706. The Hall–Kier alpha value is -5.26. The number of rotatable bonds is 7. The summed E-state index contributed by atoms with van der Waals surface area (Å²) < 4.78 is 23.3. The number of ether oxygens (including phenoxy) is 1. The number of fused-ring (bicyclic) bond motifs is 3. The lowest BCUT2D eigenvalue weighted by molar-refractivity contribution is -0.117. The van der Waals surface area contributed by atoms with Gasteiger partial charge in [0.25, 0.3) is 0 Å². The molecule has 3 saturated heterocycles. The van der Waals surface area contributed by atoms with Crippen molar-refractivity contribution in [2.24, 2.45) is 5.92 Å². The van der Waals surface area contributed by atoms with Gasteiger partial charge in [-0.15, -0.1) is 6.42 Å². The van der Waals surface area contributed by atoms with Crippen molar-refractivity contribution in [1.29, 1.82) is 5.26 Å². The number of hydrogen-bond donors (Lipinski definition) is 2. The van der Waals surface area contributed by atoms with Crippen LogP contribution in [-0.2, 0) is 4.79 Å². The lowest BCUT2D eigenvalue weighted by Gasteiger charge is -2.31. The number of carbonyl (C=O) groups excluding carboxylic acids is 1. The van der Waals surface area contributed by atoms with Crippen molar-refractivity contribution in [2.45, 2.75) is 50.1 Å². The van der Waals surface area contributed by atoms with Crippen molar-refractivity contribution in [3.63, 3.8) is 0 Å². The number of aromatic nitrogens is 3. The molecule has 2 aromatic heterocycles. The van der Waals surface area contributed by atoms with Crippen LogP contribution in [0.15, 0.2) is 49.2 Å². The first-order valence-electron chi connectivity index (χ1n) is 16.4. The smallest absolute Gasteiger partial charge is 0.319 e. The molecule has 0 bridgehead atoms. The summed E-state index contributed by atoms with van der Waals surface area (Å²) in [5.74, 6) is 1.68. The van der Waals surface area contributed by atoms with E-state index in [0.29, 0.717) is 65.6 Å². The summed E-state index contributed by atoms with van der Waals surface area (Å²) in [6.45, 7) is 6.77. The van der Waals surface area contributed by atoms with Gasteiger partial charge in [-0.3, -0.25) is 14.7 Å². The summed E-state index contributed by atoms with van der Waals surface area (Å²) >= 11 is 0. The molecular formula is C37H36FN7O3. The standard InChI is InChI=1S/C37H36FN7O3/c1-3-24-8-5-9-25-17-27(46)18-28(31(24)25)33-32(38)34-29(20-40-33)35(44-15-10-23(19-39)16-26(21-44)41-30(47)4-2)43-36(42-34)48-22-37-11-6-13-45(37)14-7-12-37/h1,4-5,8-9,17-18,20,23,26,46H,2,6-7,10-16,21-22H2,(H,41,47)/t23-,26+/m1/s1. The van der Waals surface area contributed by atoms with Crippen LogP contribution in [0.5, 0.6) is 11.8 Å². The Balaban J connectivity index is 1.37. The third-order valence-corrected chi connectivity index (χ3v) is 10.1. The van der Waals surface area contributed by atoms with E-state index < -0.39 is 5.82 Å². The highest BCUT2D eigenvalue weighted by molar-refractivity contribution is 6.02. The molecule has 5 heterocycles. The van der Waals surface area contributed by atoms with Crippen LogP contribution < -0.4 is 15.0 Å². The van der Waals surface area contributed by atoms with Crippen LogP contribution >= 0.6 is 0 Å². The van der Waals surface area contributed by atoms with Gasteiger partial charge in [-0.05, 0) is 81.3 Å². The Morgan fingerprint density at radius 2 is 2.06 bits per heavy atom. The molecular weight excluding hydrogens is 609 g/mol. The molecule has 3 aliphatic heterocycles. The monoisotopic (exact) mass is 645 g/mol. The van der Waals surface area contributed by atoms with Crippen LogP contribution in [-0.4, -0.2) is 75.2 Å². The number of pyridine rings is 1. The number of phenols is 1. The number of halogens is 1. The van der Waals surface area contributed by atoms with Crippen molar-refractivity contribution in [1.82, 2.24) is 25.2 Å². The number of anilines is 1. The maximum absolute atomic E-state index is 16.9. The summed E-state index contributed by atoms with van der Waals surface area (Å²) in [6.07, 6.45) is 13.8. The SMILES string of the molecule is C#Cc1cccc2cc(O)cc(-c3ncc4c(N5CC[C@@H](C#N)C[C@H](NC(=O)C=C)C5)nc(OCC56CCCN5CCC6)nc4c3F)c12. The number of nitrogens with zero attached hydrogens (tertiary/aromatic N) is 6. The van der Waals surface area contributed by atoms with Crippen molar-refractivity contribution in [3.8, 4) is 41.4 Å². The number of phenolic OH excluding ortho intramolecular Hbond substituents is 1. The second-order valence-corrected chi connectivity index (χ2v) is 13.0. The second kappa shape index (κ2) is 12.7. The molecule has 3 fully saturated rings. The average molecular weight is 646 g/mol. The van der Waals surface area contributed by atoms with Gasteiger partial charge in [-0.1, -0.05) is 24.6 Å². The zero-order chi connectivity index (χ0) is 33.4. The van der Waals surface area contributed by atoms with Crippen molar-refractivity contribution >= 4 is 33.4 Å². The molecule has 48 heavy (non-hydrogen) atoms. The summed E-state index contributed by atoms with van der Waals surface area (Å²) in [5, 5.41) is 24.9. The largest absolute Gasteiger partial charge is 0.508 e. The molecule has 3 aliphatic rings. The summed E-state index contributed by atoms with van der Waals surface area (Å²) in [7, 11) is 0. The molecule has 2 N–H and O–H groups in total. The minimum Gasteiger partial charge on any atom is -0.508 e. The number of nitriles is 1. The topological polar surface area (TPSA) is 128 Å². The Labute approximate surface area is 278 Å². The number of hydrogen-bond acceptors (Lipinski definition) is 9. The molecule has 0 unspecified atom stereocenters. The molecule has 11 heteroatoms. The molecule has 4 aromatic rings. The molecule has 2 aromatic carbocycles. The fraction of sp³-hybridized carbons (Fsp3) is 0.378. The molecule has 0 saturated carbocycles. The van der Waals surface area contributed by atoms with Crippen LogP contribution in [0.4, 0.5) is 10.2 Å². The van der Waals surface area contributed by atoms with Crippen LogP contribution in [0.2, 0.25) is 0 Å². The first-order valence-corrected chi connectivity index (χ1v) is 16.4. The van der Waals surface area contributed by atoms with E-state index in [4.69, 9.17) is 16.1 Å². The molecule has 7 rings (SSSR count). The fourth-order valence-corrected chi connectivity index (χ4v) is 7.77. The van der Waals surface area contributed by atoms with Crippen LogP contribution in [0.1, 0.15) is 44.1 Å². The Bertz CT molecular complexity index is 2010. The molecule has 0 radical (unpaired) electrons. The van der Waals surface area contributed by atoms with E-state index in [2.05, 4.69) is 38.8 Å². The second-order valence-electron chi connectivity index (χ2n) is 13.0. The molecule has 0 spiro atoms. The highest BCUT2D eigenvalue weighted by Gasteiger charge is 2.45. The quantitative estimate of drug-likeness (QED) is 0.209. The number of carbonyl (C=O) groups is 1. The highest BCUT2D eigenvalue weighted by Crippen LogP contribution is 2.41. The van der Waals surface area contributed by atoms with Gasteiger partial charge < -0.3 is 20.1 Å². The molecule has 0 aliphatic carbocycles. The number of amides is 1. The first kappa shape index (κ1) is 31.3. The zero-order valence-electron chi connectivity index (χ0n) is 26.6. The Morgan fingerprint density at radius 1 is 1.25 bits per heavy atom. The third kappa shape index (κ3) is 5.65. The third-order valence-electron chi connectivity index (χ3n) is 10.1. The summed E-state index contributed by atoms with van der Waals surface area (Å²) in [6, 6.07) is 10.4. The normalized spacial score (nSPS) is 20.5. The van der Waals surface area contributed by atoms with E-state index in [1.807, 2.05) is 4.90 Å². The van der Waals surface area contributed by atoms with Crippen molar-refractivity contribution in [3.05, 3.63) is 60.6 Å². The van der Waals surface area contributed by atoms with Gasteiger partial charge in [-0.25, -0.2) is 4.39 Å². The van der Waals surface area contributed by atoms with Gasteiger partial charge in [-0.2, -0.15) is 15.2 Å². The molecule has 10 nitrogen and oxygen atoms in total. The van der Waals surface area contributed by atoms with Gasteiger partial charge in [0.05, 0.1) is 22.9 Å². The molecule has 2 atom stereocenters. The van der Waals surface area contributed by atoms with Gasteiger partial charge in [0.15, 0.2) is 5.82 Å². The van der Waals surface area contributed by atoms with Crippen molar-refractivity contribution in [2.75, 3.05) is 37.7 Å². The van der Waals surface area contributed by atoms with Crippen molar-refractivity contribution < 1.29 is 19.0 Å². The Morgan fingerprint density at radius 3 is 2.81 bits per heavy atom. The lowest BCUT2D eigenvalue weighted by atomic mass is 9.95. The predicted octanol–water partition coefficient (Wildman–Crippen LogP) is 5.09. The Kier molecular flexibility index (Phi) is 8.32. The lowest BCUT2D eigenvalue weighted by Crippen LogP contribution is -2.44. The first-order chi connectivity index (χ1) is 23.3. The summed E-state index contributed by atoms with van der Waals surface area (Å²) in [4.78, 5) is 30.8. The van der Waals surface area contributed by atoms with Gasteiger partial charge >= 0.3 is 6.01 Å². The predicted molar refractivity (Wildman–Crippen MR) is 181 cm³/mol. The van der Waals surface area contributed by atoms with Gasteiger partial charge in [0, 0.05) is 41.8 Å². The highest BCUT2D eigenvalue weighted by atomic mass is 19.1. The van der Waals surface area contributed by atoms with E-state index in [-0.39, 0.29) is 46.4 Å². The number of aromatic hydroxyl groups is 1. The van der Waals surface area contributed by atoms with E-state index in [1.165, 1.54) is 18.3 Å². The maximum atomic E-state index is 16.9. The minimum absolute atomic E-state index is 0.00892. The summed E-state index contributed by atoms with van der Waals surface area (Å²) in [5.41, 5.74) is 0.780. The van der Waals surface area contributed by atoms with Crippen LogP contribution in [0.25, 0.3) is 32.9 Å². The fourth-order valence-electron chi connectivity index (χ4n) is 7.77. The number of benzene rings is 2. The van der Waals surface area contributed by atoms with E-state index in [1.54, 1.807) is 24.3 Å². The number of terminal acetylenes is 1. The van der Waals surface area contributed by atoms with E-state index in [9.17, 15) is 15.2 Å². The van der Waals surface area contributed by atoms with Gasteiger partial charge in [0.1, 0.15) is 29.4 Å².